The Balaban J connectivity index is 1.33. The molecule has 0 N–H and O–H groups in total. The van der Waals surface area contributed by atoms with Gasteiger partial charge in [0, 0.05) is 30.0 Å². The van der Waals surface area contributed by atoms with Crippen LogP contribution in [0, 0.1) is 6.92 Å². The molecular formula is C21H21N3O2S. The van der Waals surface area contributed by atoms with Crippen molar-refractivity contribution in [2.24, 2.45) is 0 Å². The normalized spacial score (nSPS) is 18.3. The molecule has 6 heteroatoms. The number of benzene rings is 1. The van der Waals surface area contributed by atoms with Gasteiger partial charge in [-0.05, 0) is 49.9 Å². The number of nitrogens with zero attached hydrogens (tertiary/aromatic N) is 3. The first kappa shape index (κ1) is 16.7. The zero-order chi connectivity index (χ0) is 18.2. The number of fused-ring (bicyclic) bond motifs is 1. The number of rotatable bonds is 4. The van der Waals surface area contributed by atoms with Gasteiger partial charge in [0.2, 0.25) is 5.89 Å². The number of hydrogen-bond acceptors (Lipinski definition) is 6. The number of oxazole rings is 2. The zero-order valence-corrected chi connectivity index (χ0v) is 16.0. The van der Waals surface area contributed by atoms with Crippen LogP contribution < -0.4 is 0 Å². The van der Waals surface area contributed by atoms with Crippen molar-refractivity contribution in [2.45, 2.75) is 32.2 Å². The molecule has 1 aliphatic heterocycles. The van der Waals surface area contributed by atoms with Crippen LogP contribution in [0.3, 0.4) is 0 Å². The maximum atomic E-state index is 6.01. The van der Waals surface area contributed by atoms with E-state index >= 15 is 0 Å². The lowest BCUT2D eigenvalue weighted by Gasteiger charge is -2.30. The molecule has 0 spiro atoms. The lowest BCUT2D eigenvalue weighted by atomic mass is 9.98. The number of piperidine rings is 1. The maximum absolute atomic E-state index is 6.01. The van der Waals surface area contributed by atoms with E-state index in [0.29, 0.717) is 5.92 Å². The van der Waals surface area contributed by atoms with Crippen LogP contribution in [-0.4, -0.2) is 28.0 Å². The van der Waals surface area contributed by atoms with Crippen LogP contribution in [0.4, 0.5) is 0 Å². The van der Waals surface area contributed by atoms with Gasteiger partial charge in [-0.1, -0.05) is 12.1 Å². The Hall–Kier alpha value is -2.44. The van der Waals surface area contributed by atoms with E-state index in [9.17, 15) is 0 Å². The molecule has 27 heavy (non-hydrogen) atoms. The van der Waals surface area contributed by atoms with Gasteiger partial charge in [0.1, 0.15) is 11.3 Å². The van der Waals surface area contributed by atoms with E-state index < -0.39 is 0 Å². The van der Waals surface area contributed by atoms with Gasteiger partial charge in [0.05, 0.1) is 5.69 Å². The summed E-state index contributed by atoms with van der Waals surface area (Å²) in [7, 11) is 0. The van der Waals surface area contributed by atoms with Crippen molar-refractivity contribution >= 4 is 22.4 Å². The molecule has 3 aromatic heterocycles. The van der Waals surface area contributed by atoms with Gasteiger partial charge in [0.25, 0.3) is 0 Å². The summed E-state index contributed by atoms with van der Waals surface area (Å²) >= 11 is 1.66. The highest BCUT2D eigenvalue weighted by Crippen LogP contribution is 2.30. The molecule has 138 valence electrons. The van der Waals surface area contributed by atoms with Gasteiger partial charge in [0.15, 0.2) is 11.5 Å². The van der Waals surface area contributed by atoms with Crippen LogP contribution in [-0.2, 0) is 6.54 Å². The van der Waals surface area contributed by atoms with Crippen LogP contribution in [0.15, 0.2) is 49.9 Å². The number of likely N-dealkylation sites (tertiary alicyclic amines) is 1. The van der Waals surface area contributed by atoms with E-state index in [1.165, 1.54) is 0 Å². The second-order valence-electron chi connectivity index (χ2n) is 7.13. The second-order valence-corrected chi connectivity index (χ2v) is 7.91. The van der Waals surface area contributed by atoms with Crippen molar-refractivity contribution in [3.63, 3.8) is 0 Å². The van der Waals surface area contributed by atoms with Crippen LogP contribution in [0.2, 0.25) is 0 Å². The molecule has 0 unspecified atom stereocenters. The van der Waals surface area contributed by atoms with Crippen molar-refractivity contribution < 1.29 is 8.83 Å². The summed E-state index contributed by atoms with van der Waals surface area (Å²) in [5, 5.41) is 4.11. The zero-order valence-electron chi connectivity index (χ0n) is 15.2. The first-order valence-corrected chi connectivity index (χ1v) is 10.3. The smallest absolute Gasteiger partial charge is 0.227 e. The van der Waals surface area contributed by atoms with Crippen LogP contribution in [0.5, 0.6) is 0 Å². The predicted molar refractivity (Wildman–Crippen MR) is 106 cm³/mol. The molecule has 1 aliphatic rings. The summed E-state index contributed by atoms with van der Waals surface area (Å²) < 4.78 is 11.9. The summed E-state index contributed by atoms with van der Waals surface area (Å²) in [6.07, 6.45) is 2.25. The molecule has 1 fully saturated rings. The minimum atomic E-state index is 0.328. The minimum Gasteiger partial charge on any atom is -0.441 e. The van der Waals surface area contributed by atoms with Gasteiger partial charge >= 0.3 is 0 Å². The average molecular weight is 379 g/mol. The molecule has 0 radical (unpaired) electrons. The highest BCUT2D eigenvalue weighted by Gasteiger charge is 2.26. The lowest BCUT2D eigenvalue weighted by Crippen LogP contribution is -2.34. The number of aromatic nitrogens is 2. The van der Waals surface area contributed by atoms with Crippen molar-refractivity contribution in [3.05, 3.63) is 58.4 Å². The maximum Gasteiger partial charge on any atom is 0.227 e. The molecule has 0 bridgehead atoms. The third kappa shape index (κ3) is 3.31. The molecule has 4 heterocycles. The Bertz CT molecular complexity index is 1020. The number of thiophene rings is 1. The van der Waals surface area contributed by atoms with E-state index in [2.05, 4.69) is 10.3 Å². The van der Waals surface area contributed by atoms with Crippen LogP contribution in [0.25, 0.3) is 22.6 Å². The summed E-state index contributed by atoms with van der Waals surface area (Å²) in [6.45, 7) is 4.81. The highest BCUT2D eigenvalue weighted by atomic mass is 32.1. The second kappa shape index (κ2) is 6.94. The molecule has 5 rings (SSSR count). The molecule has 1 atom stereocenters. The van der Waals surface area contributed by atoms with Crippen LogP contribution >= 0.6 is 11.3 Å². The van der Waals surface area contributed by atoms with Crippen molar-refractivity contribution in [2.75, 3.05) is 13.1 Å². The molecule has 5 nitrogen and oxygen atoms in total. The van der Waals surface area contributed by atoms with Crippen molar-refractivity contribution in [1.82, 2.24) is 14.9 Å². The van der Waals surface area contributed by atoms with E-state index in [1.54, 1.807) is 11.3 Å². The molecular weight excluding hydrogens is 358 g/mol. The lowest BCUT2D eigenvalue weighted by molar-refractivity contribution is 0.185. The summed E-state index contributed by atoms with van der Waals surface area (Å²) in [5.41, 5.74) is 3.89. The summed E-state index contributed by atoms with van der Waals surface area (Å²) in [4.78, 5) is 11.9. The fourth-order valence-corrected chi connectivity index (χ4v) is 4.39. The van der Waals surface area contributed by atoms with Gasteiger partial charge in [-0.2, -0.15) is 11.3 Å². The minimum absolute atomic E-state index is 0.328. The van der Waals surface area contributed by atoms with Crippen molar-refractivity contribution in [3.8, 4) is 11.5 Å². The predicted octanol–water partition coefficient (Wildman–Crippen LogP) is 5.23. The Morgan fingerprint density at radius 1 is 1.19 bits per heavy atom. The SMILES string of the molecule is Cc1oc(-c2ccsc2)nc1CN1CCC[C@H](c2nc3ccccc3o2)C1. The Kier molecular flexibility index (Phi) is 4.30. The number of aryl methyl sites for hydroxylation is 1. The average Bonchev–Trinajstić information content (AvgIpc) is 3.42. The van der Waals surface area contributed by atoms with E-state index in [0.717, 1.165) is 72.4 Å². The van der Waals surface area contributed by atoms with E-state index in [4.69, 9.17) is 18.8 Å². The van der Waals surface area contributed by atoms with Crippen LogP contribution in [0.1, 0.15) is 36.1 Å². The standard InChI is InChI=1S/C21H21N3O2S/c1-14-18(23-21(25-14)16-8-10-27-13-16)12-24-9-4-5-15(11-24)20-22-17-6-2-3-7-19(17)26-20/h2-3,6-8,10,13,15H,4-5,9,11-12H2,1H3/t15-/m0/s1. The first-order chi connectivity index (χ1) is 13.3. The van der Waals surface area contributed by atoms with E-state index in [1.807, 2.05) is 42.6 Å². The molecule has 0 aliphatic carbocycles. The third-order valence-corrected chi connectivity index (χ3v) is 5.88. The number of para-hydroxylation sites is 2. The largest absolute Gasteiger partial charge is 0.441 e. The molecule has 0 saturated carbocycles. The van der Waals surface area contributed by atoms with Crippen molar-refractivity contribution in [1.29, 1.82) is 0 Å². The Labute approximate surface area is 161 Å². The first-order valence-electron chi connectivity index (χ1n) is 9.33. The molecule has 1 aromatic carbocycles. The van der Waals surface area contributed by atoms with Gasteiger partial charge in [-0.25, -0.2) is 9.97 Å². The molecule has 4 aromatic rings. The summed E-state index contributed by atoms with van der Waals surface area (Å²) in [6, 6.07) is 10.0. The Morgan fingerprint density at radius 2 is 2.11 bits per heavy atom. The van der Waals surface area contributed by atoms with E-state index in [-0.39, 0.29) is 0 Å². The summed E-state index contributed by atoms with van der Waals surface area (Å²) in [5.74, 6) is 2.81. The third-order valence-electron chi connectivity index (χ3n) is 5.20. The monoisotopic (exact) mass is 379 g/mol. The molecule has 0 amide bonds. The fraction of sp³-hybridized carbons (Fsp3) is 0.333. The number of hydrogen-bond donors (Lipinski definition) is 0. The molecule has 1 saturated heterocycles. The van der Waals surface area contributed by atoms with Gasteiger partial charge in [-0.15, -0.1) is 0 Å². The topological polar surface area (TPSA) is 55.3 Å². The van der Waals surface area contributed by atoms with Gasteiger partial charge < -0.3 is 8.83 Å². The quantitative estimate of drug-likeness (QED) is 0.486. The van der Waals surface area contributed by atoms with Gasteiger partial charge in [-0.3, -0.25) is 4.90 Å². The highest BCUT2D eigenvalue weighted by molar-refractivity contribution is 7.08. The fourth-order valence-electron chi connectivity index (χ4n) is 3.76. The Morgan fingerprint density at radius 3 is 2.96 bits per heavy atom.